The summed E-state index contributed by atoms with van der Waals surface area (Å²) in [5.41, 5.74) is 1.06. The van der Waals surface area contributed by atoms with Crippen LogP contribution in [0.4, 0.5) is 0 Å². The normalized spacial score (nSPS) is 10.4. The van der Waals surface area contributed by atoms with Crippen molar-refractivity contribution in [2.24, 2.45) is 0 Å². The molecule has 0 aliphatic carbocycles. The van der Waals surface area contributed by atoms with Crippen molar-refractivity contribution in [1.82, 2.24) is 4.90 Å². The Morgan fingerprint density at radius 3 is 2.47 bits per heavy atom. The molecule has 19 heavy (non-hydrogen) atoms. The molecule has 2 nitrogen and oxygen atoms in total. The molecule has 0 unspecified atom stereocenters. The molecule has 1 aromatic carbocycles. The summed E-state index contributed by atoms with van der Waals surface area (Å²) in [7, 11) is 0. The number of carbonyl (C=O) groups excluding carboxylic acids is 1. The lowest BCUT2D eigenvalue weighted by atomic mass is 10.1. The van der Waals surface area contributed by atoms with E-state index in [0.29, 0.717) is 13.1 Å². The molecule has 1 aromatic heterocycles. The summed E-state index contributed by atoms with van der Waals surface area (Å²) in [5.74, 6) is 0.0542. The molecule has 1 heterocycles. The predicted octanol–water partition coefficient (Wildman–Crippen LogP) is 4.02. The Morgan fingerprint density at radius 1 is 1.26 bits per heavy atom. The number of rotatable bonds is 5. The van der Waals surface area contributed by atoms with Gasteiger partial charge < -0.3 is 4.90 Å². The van der Waals surface area contributed by atoms with E-state index < -0.39 is 0 Å². The average Bonchev–Trinajstić information content (AvgIpc) is 2.76. The lowest BCUT2D eigenvalue weighted by molar-refractivity contribution is 0.0795. The van der Waals surface area contributed by atoms with Gasteiger partial charge in [0.25, 0.3) is 5.91 Å². The first-order valence-corrected chi connectivity index (χ1v) is 7.00. The van der Waals surface area contributed by atoms with Gasteiger partial charge in [0.15, 0.2) is 0 Å². The molecule has 0 saturated carbocycles. The first-order valence-electron chi connectivity index (χ1n) is 6.18. The zero-order valence-corrected chi connectivity index (χ0v) is 11.9. The van der Waals surface area contributed by atoms with Gasteiger partial charge in [0.05, 0.1) is 4.88 Å². The highest BCUT2D eigenvalue weighted by molar-refractivity contribution is 7.21. The monoisotopic (exact) mass is 271 g/mol. The molecule has 3 heteroatoms. The average molecular weight is 271 g/mol. The van der Waals surface area contributed by atoms with Gasteiger partial charge >= 0.3 is 0 Å². The largest absolute Gasteiger partial charge is 0.331 e. The smallest absolute Gasteiger partial charge is 0.264 e. The minimum atomic E-state index is 0.0542. The van der Waals surface area contributed by atoms with E-state index in [4.69, 9.17) is 0 Å². The summed E-state index contributed by atoms with van der Waals surface area (Å²) in [5, 5.41) is 1.16. The number of hydrogen-bond acceptors (Lipinski definition) is 2. The molecule has 2 aromatic rings. The van der Waals surface area contributed by atoms with Crippen molar-refractivity contribution >= 4 is 27.3 Å². The van der Waals surface area contributed by atoms with Gasteiger partial charge in [-0.3, -0.25) is 4.79 Å². The number of thiophene rings is 1. The topological polar surface area (TPSA) is 20.3 Å². The molecule has 98 valence electrons. The van der Waals surface area contributed by atoms with E-state index in [9.17, 15) is 4.79 Å². The zero-order valence-electron chi connectivity index (χ0n) is 11.1. The van der Waals surface area contributed by atoms with Crippen LogP contribution in [0.3, 0.4) is 0 Å². The highest BCUT2D eigenvalue weighted by Gasteiger charge is 2.19. The molecule has 0 saturated heterocycles. The lowest BCUT2D eigenvalue weighted by Crippen LogP contribution is -2.31. The van der Waals surface area contributed by atoms with Crippen molar-refractivity contribution in [2.45, 2.75) is 6.92 Å². The van der Waals surface area contributed by atoms with Crippen molar-refractivity contribution in [3.05, 3.63) is 60.0 Å². The lowest BCUT2D eigenvalue weighted by Gasteiger charge is -2.18. The Kier molecular flexibility index (Phi) is 4.17. The number of amides is 1. The third kappa shape index (κ3) is 2.61. The zero-order chi connectivity index (χ0) is 13.8. The summed E-state index contributed by atoms with van der Waals surface area (Å²) in [4.78, 5) is 15.1. The summed E-state index contributed by atoms with van der Waals surface area (Å²) < 4.78 is 1.15. The Hall–Kier alpha value is -1.87. The van der Waals surface area contributed by atoms with Crippen molar-refractivity contribution < 1.29 is 4.79 Å². The highest BCUT2D eigenvalue weighted by Crippen LogP contribution is 2.31. The fraction of sp³-hybridized carbons (Fsp3) is 0.188. The van der Waals surface area contributed by atoms with E-state index >= 15 is 0 Å². The molecule has 0 bridgehead atoms. The Bertz CT molecular complexity index is 617. The second-order valence-electron chi connectivity index (χ2n) is 4.34. The minimum Gasteiger partial charge on any atom is -0.331 e. The molecule has 1 amide bonds. The summed E-state index contributed by atoms with van der Waals surface area (Å²) >= 11 is 1.55. The molecular weight excluding hydrogens is 254 g/mol. The van der Waals surface area contributed by atoms with Gasteiger partial charge in [-0.25, -0.2) is 0 Å². The number of benzene rings is 1. The maximum Gasteiger partial charge on any atom is 0.264 e. The molecule has 0 radical (unpaired) electrons. The van der Waals surface area contributed by atoms with Crippen LogP contribution in [0.1, 0.15) is 15.2 Å². The van der Waals surface area contributed by atoms with Crippen molar-refractivity contribution in [2.75, 3.05) is 13.1 Å². The second-order valence-corrected chi connectivity index (χ2v) is 5.39. The van der Waals surface area contributed by atoms with Gasteiger partial charge in [0, 0.05) is 17.8 Å². The van der Waals surface area contributed by atoms with Gasteiger partial charge in [0.1, 0.15) is 0 Å². The van der Waals surface area contributed by atoms with Gasteiger partial charge in [0.2, 0.25) is 0 Å². The van der Waals surface area contributed by atoms with Crippen LogP contribution in [-0.4, -0.2) is 23.9 Å². The number of nitrogens with zero attached hydrogens (tertiary/aromatic N) is 1. The first kappa shape index (κ1) is 13.6. The van der Waals surface area contributed by atoms with Crippen LogP contribution in [-0.2, 0) is 0 Å². The number of carbonyl (C=O) groups is 1. The van der Waals surface area contributed by atoms with Crippen LogP contribution in [0.2, 0.25) is 0 Å². The molecule has 0 fully saturated rings. The maximum absolute atomic E-state index is 12.6. The molecule has 0 aliphatic rings. The van der Waals surface area contributed by atoms with Crippen LogP contribution in [0.15, 0.2) is 49.6 Å². The van der Waals surface area contributed by atoms with E-state index in [2.05, 4.69) is 25.3 Å². The number of hydrogen-bond donors (Lipinski definition) is 0. The van der Waals surface area contributed by atoms with E-state index in [0.717, 1.165) is 20.5 Å². The SMILES string of the molecule is C=CCN(CC=C)C(=O)c1sc2ccccc2c1C. The van der Waals surface area contributed by atoms with E-state index in [1.807, 2.05) is 19.1 Å². The quantitative estimate of drug-likeness (QED) is 0.752. The summed E-state index contributed by atoms with van der Waals surface area (Å²) in [6, 6.07) is 8.11. The maximum atomic E-state index is 12.6. The summed E-state index contributed by atoms with van der Waals surface area (Å²) in [6.07, 6.45) is 3.48. The van der Waals surface area contributed by atoms with E-state index in [1.165, 1.54) is 0 Å². The van der Waals surface area contributed by atoms with Crippen molar-refractivity contribution in [3.8, 4) is 0 Å². The van der Waals surface area contributed by atoms with Crippen LogP contribution in [0.25, 0.3) is 10.1 Å². The fourth-order valence-electron chi connectivity index (χ4n) is 2.07. The number of aryl methyl sites for hydroxylation is 1. The van der Waals surface area contributed by atoms with Crippen molar-refractivity contribution in [3.63, 3.8) is 0 Å². The van der Waals surface area contributed by atoms with Crippen LogP contribution in [0, 0.1) is 6.92 Å². The predicted molar refractivity (Wildman–Crippen MR) is 82.9 cm³/mol. The third-order valence-corrected chi connectivity index (χ3v) is 4.28. The van der Waals surface area contributed by atoms with E-state index in [1.54, 1.807) is 28.4 Å². The van der Waals surface area contributed by atoms with Crippen LogP contribution < -0.4 is 0 Å². The molecule has 0 spiro atoms. The standard InChI is InChI=1S/C16H17NOS/c1-4-10-17(11-5-2)16(18)15-12(3)13-8-6-7-9-14(13)19-15/h4-9H,1-2,10-11H2,3H3. The third-order valence-electron chi connectivity index (χ3n) is 3.02. The fourth-order valence-corrected chi connectivity index (χ4v) is 3.25. The van der Waals surface area contributed by atoms with Crippen molar-refractivity contribution in [1.29, 1.82) is 0 Å². The second kappa shape index (κ2) is 5.85. The Labute approximate surface area is 117 Å². The molecule has 0 atom stereocenters. The number of fused-ring (bicyclic) bond motifs is 1. The van der Waals surface area contributed by atoms with Gasteiger partial charge in [-0.05, 0) is 23.9 Å². The van der Waals surface area contributed by atoms with Gasteiger partial charge in [-0.1, -0.05) is 30.4 Å². The molecule has 2 rings (SSSR count). The van der Waals surface area contributed by atoms with Crippen LogP contribution in [0.5, 0.6) is 0 Å². The minimum absolute atomic E-state index is 0.0542. The van der Waals surface area contributed by atoms with Gasteiger partial charge in [-0.2, -0.15) is 0 Å². The van der Waals surface area contributed by atoms with Crippen LogP contribution >= 0.6 is 11.3 Å². The highest BCUT2D eigenvalue weighted by atomic mass is 32.1. The summed E-state index contributed by atoms with van der Waals surface area (Å²) in [6.45, 7) is 10.5. The Balaban J connectivity index is 2.42. The molecule has 0 aliphatic heterocycles. The van der Waals surface area contributed by atoms with E-state index in [-0.39, 0.29) is 5.91 Å². The molecular formula is C16H17NOS. The molecule has 0 N–H and O–H groups in total. The van der Waals surface area contributed by atoms with Gasteiger partial charge in [-0.15, -0.1) is 24.5 Å². The Morgan fingerprint density at radius 2 is 1.89 bits per heavy atom. The first-order chi connectivity index (χ1) is 9.19.